The van der Waals surface area contributed by atoms with E-state index in [4.69, 9.17) is 4.74 Å². The number of ketones is 1. The first-order valence-corrected chi connectivity index (χ1v) is 5.30. The van der Waals surface area contributed by atoms with Crippen LogP contribution in [0, 0.1) is 5.92 Å². The number of aromatic nitrogens is 2. The van der Waals surface area contributed by atoms with Crippen molar-refractivity contribution in [3.63, 3.8) is 0 Å². The number of carbonyl (C=O) groups excluding carboxylic acids is 1. The van der Waals surface area contributed by atoms with E-state index in [1.165, 1.54) is 0 Å². The molecule has 0 spiro atoms. The van der Waals surface area contributed by atoms with Crippen LogP contribution in [0.3, 0.4) is 0 Å². The lowest BCUT2D eigenvalue weighted by molar-refractivity contribution is -0.122. The molecule has 1 aromatic heterocycles. The Balaban J connectivity index is 2.17. The number of methoxy groups -OCH3 is 1. The third-order valence-corrected chi connectivity index (χ3v) is 3.13. The highest BCUT2D eigenvalue weighted by Crippen LogP contribution is 2.31. The van der Waals surface area contributed by atoms with E-state index in [0.29, 0.717) is 18.1 Å². The van der Waals surface area contributed by atoms with Crippen LogP contribution in [-0.2, 0) is 4.79 Å². The van der Waals surface area contributed by atoms with Gasteiger partial charge in [-0.3, -0.25) is 9.48 Å². The first-order valence-electron chi connectivity index (χ1n) is 5.30. The Kier molecular flexibility index (Phi) is 2.75. The van der Waals surface area contributed by atoms with Crippen molar-refractivity contribution in [2.45, 2.75) is 32.2 Å². The van der Waals surface area contributed by atoms with Crippen molar-refractivity contribution < 1.29 is 9.53 Å². The minimum absolute atomic E-state index is 0.204. The van der Waals surface area contributed by atoms with Gasteiger partial charge < -0.3 is 4.74 Å². The van der Waals surface area contributed by atoms with E-state index in [2.05, 4.69) is 12.0 Å². The Morgan fingerprint density at radius 3 is 3.07 bits per heavy atom. The normalized spacial score (nSPS) is 26.7. The van der Waals surface area contributed by atoms with Gasteiger partial charge in [-0.05, 0) is 12.3 Å². The third-order valence-electron chi connectivity index (χ3n) is 3.13. The zero-order valence-corrected chi connectivity index (χ0v) is 9.14. The first kappa shape index (κ1) is 10.2. The van der Waals surface area contributed by atoms with Gasteiger partial charge in [-0.15, -0.1) is 0 Å². The molecule has 0 bridgehead atoms. The van der Waals surface area contributed by atoms with Crippen LogP contribution in [0.25, 0.3) is 0 Å². The maximum atomic E-state index is 11.4. The van der Waals surface area contributed by atoms with E-state index < -0.39 is 0 Å². The molecule has 82 valence electrons. The Morgan fingerprint density at radius 2 is 2.40 bits per heavy atom. The molecule has 1 saturated carbocycles. The Morgan fingerprint density at radius 1 is 1.60 bits per heavy atom. The maximum Gasteiger partial charge on any atom is 0.156 e. The van der Waals surface area contributed by atoms with Gasteiger partial charge >= 0.3 is 0 Å². The molecule has 0 aliphatic heterocycles. The van der Waals surface area contributed by atoms with Gasteiger partial charge in [0.1, 0.15) is 5.78 Å². The number of carbonyl (C=O) groups is 1. The molecular formula is C11H16N2O2. The van der Waals surface area contributed by atoms with E-state index >= 15 is 0 Å². The zero-order valence-electron chi connectivity index (χ0n) is 9.14. The molecule has 2 rings (SSSR count). The quantitative estimate of drug-likeness (QED) is 0.744. The summed E-state index contributed by atoms with van der Waals surface area (Å²) in [6.45, 7) is 2.17. The zero-order chi connectivity index (χ0) is 10.8. The lowest BCUT2D eigenvalue weighted by atomic mass is 9.85. The molecule has 2 atom stereocenters. The minimum Gasteiger partial charge on any atom is -0.493 e. The van der Waals surface area contributed by atoms with Crippen molar-refractivity contribution in [2.75, 3.05) is 7.11 Å². The molecular weight excluding hydrogens is 192 g/mol. The maximum absolute atomic E-state index is 11.4. The molecule has 1 heterocycles. The van der Waals surface area contributed by atoms with Gasteiger partial charge in [-0.25, -0.2) is 0 Å². The lowest BCUT2D eigenvalue weighted by Gasteiger charge is -2.27. The minimum atomic E-state index is 0.204. The molecule has 0 radical (unpaired) electrons. The van der Waals surface area contributed by atoms with Crippen molar-refractivity contribution in [1.82, 2.24) is 9.78 Å². The van der Waals surface area contributed by atoms with Gasteiger partial charge in [-0.2, -0.15) is 5.10 Å². The third kappa shape index (κ3) is 2.03. The van der Waals surface area contributed by atoms with Crippen LogP contribution in [0.4, 0.5) is 0 Å². The smallest absolute Gasteiger partial charge is 0.156 e. The fraction of sp³-hybridized carbons (Fsp3) is 0.636. The average Bonchev–Trinajstić information content (AvgIpc) is 2.70. The SMILES string of the molecule is COc1cnn(C2CC(=O)CCC2C)c1. The fourth-order valence-electron chi connectivity index (χ4n) is 2.08. The molecule has 0 saturated heterocycles. The number of ether oxygens (including phenoxy) is 1. The van der Waals surface area contributed by atoms with Gasteiger partial charge in [0, 0.05) is 12.8 Å². The first-order chi connectivity index (χ1) is 7.20. The number of Topliss-reactive ketones (excluding diaryl/α,β-unsaturated/α-hetero) is 1. The van der Waals surface area contributed by atoms with Gasteiger partial charge in [0.2, 0.25) is 0 Å². The summed E-state index contributed by atoms with van der Waals surface area (Å²) in [6, 6.07) is 0.204. The summed E-state index contributed by atoms with van der Waals surface area (Å²) in [4.78, 5) is 11.4. The second-order valence-corrected chi connectivity index (χ2v) is 4.19. The molecule has 1 fully saturated rings. The number of hydrogen-bond acceptors (Lipinski definition) is 3. The molecule has 1 aliphatic carbocycles. The molecule has 15 heavy (non-hydrogen) atoms. The summed E-state index contributed by atoms with van der Waals surface area (Å²) in [5, 5.41) is 4.24. The highest BCUT2D eigenvalue weighted by Gasteiger charge is 2.28. The van der Waals surface area contributed by atoms with Crippen molar-refractivity contribution in [3.05, 3.63) is 12.4 Å². The van der Waals surface area contributed by atoms with Crippen molar-refractivity contribution >= 4 is 5.78 Å². The summed E-state index contributed by atoms with van der Waals surface area (Å²) in [5.41, 5.74) is 0. The van der Waals surface area contributed by atoms with E-state index in [1.54, 1.807) is 13.3 Å². The summed E-state index contributed by atoms with van der Waals surface area (Å²) >= 11 is 0. The average molecular weight is 208 g/mol. The van der Waals surface area contributed by atoms with E-state index in [0.717, 1.165) is 18.6 Å². The largest absolute Gasteiger partial charge is 0.493 e. The standard InChI is InChI=1S/C11H16N2O2/c1-8-3-4-9(14)5-11(8)13-7-10(15-2)6-12-13/h6-8,11H,3-5H2,1-2H3. The van der Waals surface area contributed by atoms with Crippen LogP contribution >= 0.6 is 0 Å². The highest BCUT2D eigenvalue weighted by molar-refractivity contribution is 5.79. The number of hydrogen-bond donors (Lipinski definition) is 0. The van der Waals surface area contributed by atoms with Gasteiger partial charge in [-0.1, -0.05) is 6.92 Å². The summed E-state index contributed by atoms with van der Waals surface area (Å²) in [7, 11) is 1.62. The number of nitrogens with zero attached hydrogens (tertiary/aromatic N) is 2. The van der Waals surface area contributed by atoms with E-state index in [-0.39, 0.29) is 6.04 Å². The molecule has 0 amide bonds. The number of rotatable bonds is 2. The molecule has 1 aromatic rings. The highest BCUT2D eigenvalue weighted by atomic mass is 16.5. The van der Waals surface area contributed by atoms with Crippen LogP contribution in [0.1, 0.15) is 32.2 Å². The van der Waals surface area contributed by atoms with Crippen molar-refractivity contribution in [2.24, 2.45) is 5.92 Å². The predicted molar refractivity (Wildman–Crippen MR) is 55.8 cm³/mol. The van der Waals surface area contributed by atoms with Crippen molar-refractivity contribution in [1.29, 1.82) is 0 Å². The van der Waals surface area contributed by atoms with Gasteiger partial charge in [0.05, 0.1) is 25.5 Å². The van der Waals surface area contributed by atoms with E-state index in [9.17, 15) is 4.79 Å². The fourth-order valence-corrected chi connectivity index (χ4v) is 2.08. The summed E-state index contributed by atoms with van der Waals surface area (Å²) in [6.07, 6.45) is 5.83. The van der Waals surface area contributed by atoms with Crippen LogP contribution in [0.2, 0.25) is 0 Å². The molecule has 1 aliphatic rings. The van der Waals surface area contributed by atoms with Crippen LogP contribution in [0.5, 0.6) is 5.75 Å². The topological polar surface area (TPSA) is 44.1 Å². The molecule has 4 nitrogen and oxygen atoms in total. The van der Waals surface area contributed by atoms with Crippen molar-refractivity contribution in [3.8, 4) is 5.75 Å². The Bertz CT molecular complexity index is 359. The Hall–Kier alpha value is -1.32. The molecule has 2 unspecified atom stereocenters. The Labute approximate surface area is 89.2 Å². The van der Waals surface area contributed by atoms with Crippen LogP contribution in [-0.4, -0.2) is 22.7 Å². The van der Waals surface area contributed by atoms with Crippen LogP contribution in [0.15, 0.2) is 12.4 Å². The predicted octanol–water partition coefficient (Wildman–Crippen LogP) is 1.82. The van der Waals surface area contributed by atoms with Crippen LogP contribution < -0.4 is 4.74 Å². The summed E-state index contributed by atoms with van der Waals surface area (Å²) < 4.78 is 6.94. The van der Waals surface area contributed by atoms with Gasteiger partial charge in [0.25, 0.3) is 0 Å². The second kappa shape index (κ2) is 4.04. The second-order valence-electron chi connectivity index (χ2n) is 4.19. The van der Waals surface area contributed by atoms with E-state index in [1.807, 2.05) is 10.9 Å². The lowest BCUT2D eigenvalue weighted by Crippen LogP contribution is -2.26. The molecule has 4 heteroatoms. The molecule has 0 aromatic carbocycles. The van der Waals surface area contributed by atoms with Gasteiger partial charge in [0.15, 0.2) is 5.75 Å². The summed E-state index contributed by atoms with van der Waals surface area (Å²) in [5.74, 6) is 1.60. The monoisotopic (exact) mass is 208 g/mol. The molecule has 0 N–H and O–H groups in total.